The second-order valence-electron chi connectivity index (χ2n) is 3.20. The molecule has 1 aromatic carbocycles. The number of aromatic nitrogens is 2. The zero-order chi connectivity index (χ0) is 11.0. The minimum Gasteiger partial charge on any atom is -0.478 e. The van der Waals surface area contributed by atoms with Crippen LogP contribution in [0.25, 0.3) is 10.8 Å². The van der Waals surface area contributed by atoms with E-state index in [4.69, 9.17) is 5.11 Å². The van der Waals surface area contributed by atoms with E-state index in [1.807, 2.05) is 0 Å². The lowest BCUT2D eigenvalue weighted by molar-refractivity contribution is 0.0697. The number of aryl methyl sites for hydroxylation is 1. The molecule has 0 saturated carbocycles. The fourth-order valence-electron chi connectivity index (χ4n) is 1.43. The summed E-state index contributed by atoms with van der Waals surface area (Å²) in [5, 5.41) is 15.9. The zero-order valence-electron chi connectivity index (χ0n) is 7.94. The van der Waals surface area contributed by atoms with Crippen molar-refractivity contribution in [3.63, 3.8) is 0 Å². The van der Waals surface area contributed by atoms with E-state index in [-0.39, 0.29) is 11.1 Å². The molecule has 2 rings (SSSR count). The highest BCUT2D eigenvalue weighted by atomic mass is 16.4. The summed E-state index contributed by atoms with van der Waals surface area (Å²) in [7, 11) is 0. The molecule has 0 radical (unpaired) electrons. The summed E-state index contributed by atoms with van der Waals surface area (Å²) in [6.45, 7) is 1.71. The van der Waals surface area contributed by atoms with Gasteiger partial charge >= 0.3 is 5.97 Å². The molecule has 0 fully saturated rings. The number of carboxylic acid groups (broad SMARTS) is 1. The number of hydrogen-bond donors (Lipinski definition) is 2. The van der Waals surface area contributed by atoms with Crippen LogP contribution in [0.2, 0.25) is 0 Å². The topological polar surface area (TPSA) is 83.0 Å². The van der Waals surface area contributed by atoms with Crippen LogP contribution in [0.4, 0.5) is 0 Å². The Morgan fingerprint density at radius 1 is 1.40 bits per heavy atom. The Morgan fingerprint density at radius 2 is 2.13 bits per heavy atom. The molecule has 0 unspecified atom stereocenters. The van der Waals surface area contributed by atoms with Gasteiger partial charge in [-0.25, -0.2) is 9.89 Å². The highest BCUT2D eigenvalue weighted by molar-refractivity contribution is 5.94. The van der Waals surface area contributed by atoms with Crippen molar-refractivity contribution >= 4 is 16.7 Å². The molecule has 76 valence electrons. The molecule has 1 heterocycles. The molecule has 5 heteroatoms. The van der Waals surface area contributed by atoms with E-state index in [0.29, 0.717) is 16.5 Å². The predicted octanol–water partition coefficient (Wildman–Crippen LogP) is 0.930. The minimum atomic E-state index is -1.02. The summed E-state index contributed by atoms with van der Waals surface area (Å²) in [5.41, 5.74) is 0.443. The lowest BCUT2D eigenvalue weighted by atomic mass is 10.1. The maximum atomic E-state index is 11.3. The smallest absolute Gasteiger partial charge is 0.335 e. The lowest BCUT2D eigenvalue weighted by Crippen LogP contribution is -2.10. The van der Waals surface area contributed by atoms with Crippen LogP contribution >= 0.6 is 0 Å². The van der Waals surface area contributed by atoms with Gasteiger partial charge in [-0.1, -0.05) is 0 Å². The molecular weight excluding hydrogens is 196 g/mol. The number of nitrogens with one attached hydrogen (secondary N) is 1. The first-order chi connectivity index (χ1) is 7.09. The number of hydrogen-bond acceptors (Lipinski definition) is 3. The summed E-state index contributed by atoms with van der Waals surface area (Å²) >= 11 is 0. The highest BCUT2D eigenvalue weighted by Gasteiger charge is 2.07. The first-order valence-electron chi connectivity index (χ1n) is 4.32. The Hall–Kier alpha value is -2.17. The summed E-state index contributed by atoms with van der Waals surface area (Å²) in [6.07, 6.45) is 0. The molecular formula is C10H8N2O3. The van der Waals surface area contributed by atoms with Crippen LogP contribution in [-0.4, -0.2) is 21.3 Å². The van der Waals surface area contributed by atoms with Crippen molar-refractivity contribution in [2.24, 2.45) is 0 Å². The van der Waals surface area contributed by atoms with Gasteiger partial charge in [0, 0.05) is 5.39 Å². The van der Waals surface area contributed by atoms with Crippen molar-refractivity contribution in [2.75, 3.05) is 0 Å². The van der Waals surface area contributed by atoms with Crippen LogP contribution in [-0.2, 0) is 0 Å². The summed E-state index contributed by atoms with van der Waals surface area (Å²) in [4.78, 5) is 22.1. The van der Waals surface area contributed by atoms with Crippen molar-refractivity contribution in [2.45, 2.75) is 6.92 Å². The summed E-state index contributed by atoms with van der Waals surface area (Å²) in [5.74, 6) is -1.02. The van der Waals surface area contributed by atoms with Gasteiger partial charge in [0.05, 0.1) is 16.6 Å². The van der Waals surface area contributed by atoms with Gasteiger partial charge in [0.2, 0.25) is 0 Å². The van der Waals surface area contributed by atoms with E-state index in [1.165, 1.54) is 18.2 Å². The third-order valence-electron chi connectivity index (χ3n) is 2.23. The first-order valence-corrected chi connectivity index (χ1v) is 4.32. The van der Waals surface area contributed by atoms with Crippen molar-refractivity contribution < 1.29 is 9.90 Å². The third-order valence-corrected chi connectivity index (χ3v) is 2.23. The molecule has 5 nitrogen and oxygen atoms in total. The normalized spacial score (nSPS) is 10.5. The molecule has 0 atom stereocenters. The second-order valence-corrected chi connectivity index (χ2v) is 3.20. The molecule has 0 saturated heterocycles. The number of aromatic amines is 1. The molecule has 0 amide bonds. The Kier molecular flexibility index (Phi) is 2.00. The quantitative estimate of drug-likeness (QED) is 0.723. The number of aromatic carboxylic acids is 1. The SMILES string of the molecule is Cc1n[nH]c(=O)c2ccc(C(=O)O)cc12. The number of carbonyl (C=O) groups is 1. The van der Waals surface area contributed by atoms with Gasteiger partial charge in [0.15, 0.2) is 0 Å². The van der Waals surface area contributed by atoms with Crippen LogP contribution in [0.15, 0.2) is 23.0 Å². The number of rotatable bonds is 1. The second kappa shape index (κ2) is 3.20. The van der Waals surface area contributed by atoms with Crippen LogP contribution in [0, 0.1) is 6.92 Å². The molecule has 2 aromatic rings. The van der Waals surface area contributed by atoms with E-state index in [9.17, 15) is 9.59 Å². The minimum absolute atomic E-state index is 0.151. The van der Waals surface area contributed by atoms with Crippen molar-refractivity contribution in [1.29, 1.82) is 0 Å². The fourth-order valence-corrected chi connectivity index (χ4v) is 1.43. The van der Waals surface area contributed by atoms with Crippen molar-refractivity contribution in [1.82, 2.24) is 10.2 Å². The monoisotopic (exact) mass is 204 g/mol. The Bertz CT molecular complexity index is 601. The Labute approximate surface area is 84.4 Å². The molecule has 2 N–H and O–H groups in total. The van der Waals surface area contributed by atoms with Gasteiger partial charge in [-0.15, -0.1) is 0 Å². The van der Waals surface area contributed by atoms with Gasteiger partial charge < -0.3 is 5.11 Å². The molecule has 15 heavy (non-hydrogen) atoms. The van der Waals surface area contributed by atoms with Crippen LogP contribution in [0.3, 0.4) is 0 Å². The third kappa shape index (κ3) is 1.48. The number of benzene rings is 1. The van der Waals surface area contributed by atoms with Crippen molar-refractivity contribution in [3.05, 3.63) is 39.8 Å². The number of nitrogens with zero attached hydrogens (tertiary/aromatic N) is 1. The number of fused-ring (bicyclic) bond motifs is 1. The molecule has 0 spiro atoms. The van der Waals surface area contributed by atoms with E-state index in [1.54, 1.807) is 6.92 Å². The molecule has 0 aliphatic carbocycles. The maximum absolute atomic E-state index is 11.3. The summed E-state index contributed by atoms with van der Waals surface area (Å²) in [6, 6.07) is 4.35. The van der Waals surface area contributed by atoms with E-state index in [0.717, 1.165) is 0 Å². The number of carboxylic acids is 1. The highest BCUT2D eigenvalue weighted by Crippen LogP contribution is 2.14. The zero-order valence-corrected chi connectivity index (χ0v) is 7.94. The molecule has 1 aromatic heterocycles. The van der Waals surface area contributed by atoms with E-state index >= 15 is 0 Å². The standard InChI is InChI=1S/C10H8N2O3/c1-5-8-4-6(10(14)15)2-3-7(8)9(13)12-11-5/h2-4H,1H3,(H,12,13)(H,14,15). The first kappa shape index (κ1) is 9.39. The number of H-pyrrole nitrogens is 1. The maximum Gasteiger partial charge on any atom is 0.335 e. The Balaban J connectivity index is 2.87. The van der Waals surface area contributed by atoms with Gasteiger partial charge in [0.25, 0.3) is 5.56 Å². The molecule has 0 bridgehead atoms. The largest absolute Gasteiger partial charge is 0.478 e. The van der Waals surface area contributed by atoms with Crippen LogP contribution < -0.4 is 5.56 Å². The van der Waals surface area contributed by atoms with Gasteiger partial charge in [0.1, 0.15) is 0 Å². The van der Waals surface area contributed by atoms with E-state index < -0.39 is 5.97 Å². The van der Waals surface area contributed by atoms with Gasteiger partial charge in [-0.3, -0.25) is 4.79 Å². The van der Waals surface area contributed by atoms with E-state index in [2.05, 4.69) is 10.2 Å². The average Bonchev–Trinajstić information content (AvgIpc) is 2.23. The fraction of sp³-hybridized carbons (Fsp3) is 0.100. The van der Waals surface area contributed by atoms with Gasteiger partial charge in [-0.2, -0.15) is 5.10 Å². The van der Waals surface area contributed by atoms with Crippen LogP contribution in [0.1, 0.15) is 16.1 Å². The summed E-state index contributed by atoms with van der Waals surface area (Å²) < 4.78 is 0. The molecule has 0 aliphatic heterocycles. The Morgan fingerprint density at radius 3 is 2.80 bits per heavy atom. The van der Waals surface area contributed by atoms with Crippen molar-refractivity contribution in [3.8, 4) is 0 Å². The molecule has 0 aliphatic rings. The lowest BCUT2D eigenvalue weighted by Gasteiger charge is -2.01. The predicted molar refractivity (Wildman–Crippen MR) is 54.1 cm³/mol. The van der Waals surface area contributed by atoms with Crippen LogP contribution in [0.5, 0.6) is 0 Å². The average molecular weight is 204 g/mol. The van der Waals surface area contributed by atoms with Gasteiger partial charge in [-0.05, 0) is 25.1 Å².